The van der Waals surface area contributed by atoms with E-state index in [-0.39, 0.29) is 11.9 Å². The van der Waals surface area contributed by atoms with Crippen molar-refractivity contribution in [1.82, 2.24) is 0 Å². The summed E-state index contributed by atoms with van der Waals surface area (Å²) in [5, 5.41) is 0.855. The first-order valence-corrected chi connectivity index (χ1v) is 8.89. The van der Waals surface area contributed by atoms with Gasteiger partial charge in [-0.05, 0) is 37.5 Å². The molecule has 2 rings (SSSR count). The van der Waals surface area contributed by atoms with Gasteiger partial charge in [-0.3, -0.25) is 0 Å². The Morgan fingerprint density at radius 3 is 2.63 bits per heavy atom. The average Bonchev–Trinajstić information content (AvgIpc) is 2.37. The predicted molar refractivity (Wildman–Crippen MR) is 85.6 cm³/mol. The van der Waals surface area contributed by atoms with Crippen molar-refractivity contribution >= 4 is 23.5 Å². The third-order valence-electron chi connectivity index (χ3n) is 3.66. The molecule has 1 fully saturated rings. The average molecular weight is 299 g/mol. The van der Waals surface area contributed by atoms with Crippen LogP contribution in [0.2, 0.25) is 0 Å². The lowest BCUT2D eigenvalue weighted by molar-refractivity contribution is 0.556. The van der Waals surface area contributed by atoms with Crippen LogP contribution >= 0.6 is 23.5 Å². The summed E-state index contributed by atoms with van der Waals surface area (Å²) in [6, 6.07) is 3.42. The van der Waals surface area contributed by atoms with Crippen LogP contribution in [-0.4, -0.2) is 22.0 Å². The summed E-state index contributed by atoms with van der Waals surface area (Å²) in [4.78, 5) is 0. The van der Waals surface area contributed by atoms with Gasteiger partial charge in [-0.25, -0.2) is 4.39 Å². The van der Waals surface area contributed by atoms with Crippen molar-refractivity contribution < 1.29 is 4.39 Å². The Labute approximate surface area is 123 Å². The highest BCUT2D eigenvalue weighted by Gasteiger charge is 2.32. The SMILES string of the molecule is CCC1SCCSC1C(N)c1c(C)cc(C)cc1F. The smallest absolute Gasteiger partial charge is 0.128 e. The molecule has 0 saturated carbocycles. The Morgan fingerprint density at radius 2 is 2.00 bits per heavy atom. The molecular weight excluding hydrogens is 277 g/mol. The fourth-order valence-corrected chi connectivity index (χ4v) is 5.95. The van der Waals surface area contributed by atoms with E-state index in [2.05, 4.69) is 6.92 Å². The Morgan fingerprint density at radius 1 is 1.32 bits per heavy atom. The van der Waals surface area contributed by atoms with Crippen LogP contribution in [0, 0.1) is 19.7 Å². The number of nitrogens with two attached hydrogens (primary N) is 1. The topological polar surface area (TPSA) is 26.0 Å². The zero-order chi connectivity index (χ0) is 14.0. The van der Waals surface area contributed by atoms with Gasteiger partial charge in [0.1, 0.15) is 5.82 Å². The fourth-order valence-electron chi connectivity index (χ4n) is 2.78. The van der Waals surface area contributed by atoms with E-state index in [1.54, 1.807) is 6.07 Å². The first-order chi connectivity index (χ1) is 9.04. The van der Waals surface area contributed by atoms with Gasteiger partial charge in [0.05, 0.1) is 0 Å². The molecule has 1 saturated heterocycles. The lowest BCUT2D eigenvalue weighted by Crippen LogP contribution is -2.36. The molecule has 1 aliphatic heterocycles. The predicted octanol–water partition coefficient (Wildman–Crippen LogP) is 4.07. The van der Waals surface area contributed by atoms with Crippen LogP contribution in [0.5, 0.6) is 0 Å². The first kappa shape index (κ1) is 15.2. The van der Waals surface area contributed by atoms with Gasteiger partial charge in [0.15, 0.2) is 0 Å². The summed E-state index contributed by atoms with van der Waals surface area (Å²) in [5.41, 5.74) is 9.07. The third-order valence-corrected chi connectivity index (χ3v) is 7.03. The highest BCUT2D eigenvalue weighted by molar-refractivity contribution is 8.07. The minimum Gasteiger partial charge on any atom is -0.323 e. The second-order valence-corrected chi connectivity index (χ2v) is 7.79. The molecule has 0 amide bonds. The van der Waals surface area contributed by atoms with Crippen LogP contribution in [0.4, 0.5) is 4.39 Å². The Kier molecular flexibility index (Phi) is 5.21. The Hall–Kier alpha value is -0.190. The molecule has 1 nitrogen and oxygen atoms in total. The number of thioether (sulfide) groups is 2. The van der Waals surface area contributed by atoms with Gasteiger partial charge in [-0.1, -0.05) is 13.0 Å². The van der Waals surface area contributed by atoms with Gasteiger partial charge < -0.3 is 5.73 Å². The van der Waals surface area contributed by atoms with Crippen LogP contribution in [-0.2, 0) is 0 Å². The summed E-state index contributed by atoms with van der Waals surface area (Å²) in [7, 11) is 0. The largest absolute Gasteiger partial charge is 0.323 e. The third kappa shape index (κ3) is 3.29. The quantitative estimate of drug-likeness (QED) is 0.911. The maximum Gasteiger partial charge on any atom is 0.128 e. The van der Waals surface area contributed by atoms with Crippen molar-refractivity contribution in [2.24, 2.45) is 5.73 Å². The number of hydrogen-bond acceptors (Lipinski definition) is 3. The van der Waals surface area contributed by atoms with E-state index in [0.29, 0.717) is 16.1 Å². The number of aryl methyl sites for hydroxylation is 2. The molecule has 3 unspecified atom stereocenters. The van der Waals surface area contributed by atoms with Crippen LogP contribution in [0.15, 0.2) is 12.1 Å². The Balaban J connectivity index is 2.30. The molecule has 1 aromatic carbocycles. The molecule has 1 aliphatic rings. The van der Waals surface area contributed by atoms with E-state index in [0.717, 1.165) is 23.3 Å². The van der Waals surface area contributed by atoms with E-state index in [9.17, 15) is 4.39 Å². The molecule has 0 aliphatic carbocycles. The molecule has 1 aromatic rings. The van der Waals surface area contributed by atoms with Crippen LogP contribution in [0.25, 0.3) is 0 Å². The van der Waals surface area contributed by atoms with Crippen LogP contribution in [0.3, 0.4) is 0 Å². The molecule has 2 N–H and O–H groups in total. The van der Waals surface area contributed by atoms with Gasteiger partial charge in [-0.2, -0.15) is 23.5 Å². The molecular formula is C15H22FNS2. The first-order valence-electron chi connectivity index (χ1n) is 6.80. The van der Waals surface area contributed by atoms with E-state index in [4.69, 9.17) is 5.73 Å². The number of benzene rings is 1. The standard InChI is InChI=1S/C15H22FNS2/c1-4-12-15(19-6-5-18-12)14(17)13-10(3)7-9(2)8-11(13)16/h7-8,12,14-15H,4-6,17H2,1-3H3. The van der Waals surface area contributed by atoms with E-state index < -0.39 is 0 Å². The second kappa shape index (κ2) is 6.51. The van der Waals surface area contributed by atoms with Crippen molar-refractivity contribution in [2.75, 3.05) is 11.5 Å². The minimum absolute atomic E-state index is 0.143. The number of hydrogen-bond donors (Lipinski definition) is 1. The zero-order valence-corrected chi connectivity index (χ0v) is 13.4. The summed E-state index contributed by atoms with van der Waals surface area (Å²) in [6.45, 7) is 6.08. The lowest BCUT2D eigenvalue weighted by Gasteiger charge is -2.35. The fraction of sp³-hybridized carbons (Fsp3) is 0.600. The molecule has 1 heterocycles. The summed E-state index contributed by atoms with van der Waals surface area (Å²) >= 11 is 3.89. The van der Waals surface area contributed by atoms with Crippen molar-refractivity contribution in [2.45, 2.75) is 43.7 Å². The summed E-state index contributed by atoms with van der Waals surface area (Å²) in [5.74, 6) is 2.16. The number of halogens is 1. The van der Waals surface area contributed by atoms with E-state index in [1.165, 1.54) is 5.75 Å². The molecule has 0 bridgehead atoms. The summed E-state index contributed by atoms with van der Waals surface area (Å²) < 4.78 is 14.3. The zero-order valence-electron chi connectivity index (χ0n) is 11.8. The van der Waals surface area contributed by atoms with Gasteiger partial charge in [0, 0.05) is 33.6 Å². The molecule has 3 atom stereocenters. The highest BCUT2D eigenvalue weighted by atomic mass is 32.2. The minimum atomic E-state index is -0.205. The number of rotatable bonds is 3. The molecule has 106 valence electrons. The summed E-state index contributed by atoms with van der Waals surface area (Å²) in [6.07, 6.45) is 1.10. The molecule has 0 aromatic heterocycles. The Bertz CT molecular complexity index is 427. The van der Waals surface area contributed by atoms with Gasteiger partial charge in [-0.15, -0.1) is 0 Å². The van der Waals surface area contributed by atoms with Crippen molar-refractivity contribution in [1.29, 1.82) is 0 Å². The highest BCUT2D eigenvalue weighted by Crippen LogP contribution is 2.40. The van der Waals surface area contributed by atoms with E-state index >= 15 is 0 Å². The lowest BCUT2D eigenvalue weighted by atomic mass is 9.95. The van der Waals surface area contributed by atoms with Crippen molar-refractivity contribution in [3.05, 3.63) is 34.6 Å². The van der Waals surface area contributed by atoms with Gasteiger partial charge in [0.25, 0.3) is 0 Å². The molecule has 0 spiro atoms. The molecule has 4 heteroatoms. The maximum atomic E-state index is 14.3. The normalized spacial score (nSPS) is 25.3. The van der Waals surface area contributed by atoms with Crippen LogP contribution in [0.1, 0.15) is 36.1 Å². The second-order valence-electron chi connectivity index (χ2n) is 5.16. The van der Waals surface area contributed by atoms with Gasteiger partial charge >= 0.3 is 0 Å². The van der Waals surface area contributed by atoms with Crippen molar-refractivity contribution in [3.8, 4) is 0 Å². The molecule has 0 radical (unpaired) electrons. The van der Waals surface area contributed by atoms with E-state index in [1.807, 2.05) is 43.4 Å². The van der Waals surface area contributed by atoms with Gasteiger partial charge in [0.2, 0.25) is 0 Å². The van der Waals surface area contributed by atoms with Crippen molar-refractivity contribution in [3.63, 3.8) is 0 Å². The molecule has 19 heavy (non-hydrogen) atoms. The maximum absolute atomic E-state index is 14.3. The van der Waals surface area contributed by atoms with Crippen LogP contribution < -0.4 is 5.73 Å². The monoisotopic (exact) mass is 299 g/mol.